The molecule has 6 nitrogen and oxygen atoms in total. The van der Waals surface area contributed by atoms with Crippen molar-refractivity contribution in [3.63, 3.8) is 0 Å². The molecule has 0 aliphatic rings. The quantitative estimate of drug-likeness (QED) is 0.0263. The molecule has 0 N–H and O–H groups in total. The van der Waals surface area contributed by atoms with Crippen molar-refractivity contribution in [3.8, 4) is 0 Å². The lowest BCUT2D eigenvalue weighted by molar-refractivity contribution is -0.167. The molecule has 0 aromatic carbocycles. The van der Waals surface area contributed by atoms with Gasteiger partial charge in [0.25, 0.3) is 0 Å². The summed E-state index contributed by atoms with van der Waals surface area (Å²) in [5, 5.41) is 0. The third kappa shape index (κ3) is 45.0. The van der Waals surface area contributed by atoms with E-state index in [1.165, 1.54) is 141 Å². The van der Waals surface area contributed by atoms with Crippen molar-refractivity contribution in [2.75, 3.05) is 13.2 Å². The van der Waals surface area contributed by atoms with Gasteiger partial charge in [-0.15, -0.1) is 0 Å². The second kappa shape index (κ2) is 47.6. The zero-order valence-electron chi connectivity index (χ0n) is 38.8. The monoisotopic (exact) mass is 817 g/mol. The normalized spacial score (nSPS) is 12.1. The van der Waals surface area contributed by atoms with Gasteiger partial charge in [0.2, 0.25) is 0 Å². The van der Waals surface area contributed by atoms with Gasteiger partial charge in [0, 0.05) is 19.3 Å². The topological polar surface area (TPSA) is 78.9 Å². The van der Waals surface area contributed by atoms with Gasteiger partial charge in [0.05, 0.1) is 0 Å². The molecule has 0 radical (unpaired) electrons. The van der Waals surface area contributed by atoms with Gasteiger partial charge in [0.15, 0.2) is 6.10 Å². The van der Waals surface area contributed by atoms with Crippen LogP contribution >= 0.6 is 0 Å². The minimum Gasteiger partial charge on any atom is -0.462 e. The van der Waals surface area contributed by atoms with E-state index in [-0.39, 0.29) is 31.1 Å². The van der Waals surface area contributed by atoms with Gasteiger partial charge in [-0.25, -0.2) is 0 Å². The number of ether oxygens (including phenoxy) is 3. The molecule has 58 heavy (non-hydrogen) atoms. The third-order valence-electron chi connectivity index (χ3n) is 11.2. The van der Waals surface area contributed by atoms with E-state index < -0.39 is 6.10 Å². The van der Waals surface area contributed by atoms with Crippen LogP contribution < -0.4 is 0 Å². The summed E-state index contributed by atoms with van der Waals surface area (Å²) in [5.41, 5.74) is 0. The Labute approximate surface area is 360 Å². The first-order valence-electron chi connectivity index (χ1n) is 25.3. The number of carbonyl (C=O) groups is 3. The molecule has 0 saturated carbocycles. The average molecular weight is 817 g/mol. The van der Waals surface area contributed by atoms with Crippen LogP contribution in [-0.2, 0) is 28.6 Å². The molecule has 0 spiro atoms. The van der Waals surface area contributed by atoms with E-state index in [4.69, 9.17) is 14.2 Å². The highest BCUT2D eigenvalue weighted by Crippen LogP contribution is 2.16. The smallest absolute Gasteiger partial charge is 0.306 e. The highest BCUT2D eigenvalue weighted by molar-refractivity contribution is 5.71. The van der Waals surface area contributed by atoms with Gasteiger partial charge in [-0.2, -0.15) is 0 Å². The summed E-state index contributed by atoms with van der Waals surface area (Å²) in [6.07, 6.45) is 53.4. The van der Waals surface area contributed by atoms with E-state index in [9.17, 15) is 14.4 Å². The summed E-state index contributed by atoms with van der Waals surface area (Å²) in [7, 11) is 0. The molecule has 0 rings (SSSR count). The van der Waals surface area contributed by atoms with Crippen molar-refractivity contribution in [1.29, 1.82) is 0 Å². The number of unbranched alkanes of at least 4 members (excludes halogenated alkanes) is 31. The zero-order chi connectivity index (χ0) is 42.3. The maximum atomic E-state index is 12.7. The number of hydrogen-bond acceptors (Lipinski definition) is 6. The first-order chi connectivity index (χ1) is 28.5. The zero-order valence-corrected chi connectivity index (χ0v) is 38.8. The third-order valence-corrected chi connectivity index (χ3v) is 11.2. The molecule has 0 heterocycles. The van der Waals surface area contributed by atoms with Gasteiger partial charge < -0.3 is 14.2 Å². The van der Waals surface area contributed by atoms with E-state index in [1.807, 2.05) is 0 Å². The molecule has 0 aromatic rings. The second-order valence-corrected chi connectivity index (χ2v) is 17.1. The van der Waals surface area contributed by atoms with E-state index in [1.54, 1.807) is 0 Å². The summed E-state index contributed by atoms with van der Waals surface area (Å²) in [4.78, 5) is 37.7. The van der Waals surface area contributed by atoms with E-state index in [0.29, 0.717) is 19.3 Å². The van der Waals surface area contributed by atoms with Crippen LogP contribution in [0.4, 0.5) is 0 Å². The number of carbonyl (C=O) groups excluding carboxylic acids is 3. The van der Waals surface area contributed by atoms with Crippen LogP contribution in [0, 0.1) is 0 Å². The van der Waals surface area contributed by atoms with Crippen LogP contribution in [0.5, 0.6) is 0 Å². The summed E-state index contributed by atoms with van der Waals surface area (Å²) in [6.45, 7) is 6.53. The fraction of sp³-hybridized carbons (Fsp3) is 0.865. The molecule has 1 atom stereocenters. The molecular weight excluding hydrogens is 721 g/mol. The van der Waals surface area contributed by atoms with Crippen LogP contribution in [-0.4, -0.2) is 37.2 Å². The lowest BCUT2D eigenvalue weighted by Crippen LogP contribution is -2.30. The Kier molecular flexibility index (Phi) is 45.8. The Balaban J connectivity index is 4.12. The van der Waals surface area contributed by atoms with Gasteiger partial charge >= 0.3 is 17.9 Å². The van der Waals surface area contributed by atoms with Crippen molar-refractivity contribution in [2.24, 2.45) is 0 Å². The molecule has 6 heteroatoms. The van der Waals surface area contributed by atoms with Crippen molar-refractivity contribution < 1.29 is 28.6 Å². The molecule has 1 unspecified atom stereocenters. The van der Waals surface area contributed by atoms with E-state index >= 15 is 0 Å². The van der Waals surface area contributed by atoms with Gasteiger partial charge in [-0.05, 0) is 44.9 Å². The molecule has 0 aliphatic heterocycles. The second-order valence-electron chi connectivity index (χ2n) is 17.1. The molecule has 0 aliphatic carbocycles. The number of allylic oxidation sites excluding steroid dienone is 4. The summed E-state index contributed by atoms with van der Waals surface area (Å²) in [5.74, 6) is -0.887. The van der Waals surface area contributed by atoms with Crippen LogP contribution in [0.3, 0.4) is 0 Å². The van der Waals surface area contributed by atoms with Crippen molar-refractivity contribution in [2.45, 2.75) is 277 Å². The summed E-state index contributed by atoms with van der Waals surface area (Å²) < 4.78 is 16.7. The highest BCUT2D eigenvalue weighted by atomic mass is 16.6. The Morgan fingerprint density at radius 3 is 1.02 bits per heavy atom. The maximum Gasteiger partial charge on any atom is 0.306 e. The van der Waals surface area contributed by atoms with Crippen molar-refractivity contribution >= 4 is 17.9 Å². The minimum atomic E-state index is -0.770. The standard InChI is InChI=1S/C52H96O6/c1-4-7-10-13-16-18-20-22-23-24-25-26-27-28-29-31-32-34-36-39-42-45-51(54)57-48-49(47-56-50(53)44-41-38-15-12-9-6-3)58-52(55)46-43-40-37-35-33-30-21-19-17-14-11-8-5-2/h11,14,19,21,49H,4-10,12-13,15-18,20,22-48H2,1-3H3/b14-11-,21-19-. The maximum absolute atomic E-state index is 12.7. The van der Waals surface area contributed by atoms with Crippen LogP contribution in [0.2, 0.25) is 0 Å². The molecule has 0 aromatic heterocycles. The Hall–Kier alpha value is -2.11. The lowest BCUT2D eigenvalue weighted by Gasteiger charge is -2.18. The fourth-order valence-electron chi connectivity index (χ4n) is 7.36. The Morgan fingerprint density at radius 1 is 0.345 bits per heavy atom. The van der Waals surface area contributed by atoms with Crippen LogP contribution in [0.25, 0.3) is 0 Å². The van der Waals surface area contributed by atoms with Gasteiger partial charge in [0.1, 0.15) is 13.2 Å². The SMILES string of the molecule is CCC/C=C\C/C=C\CCCCCCCC(=O)OC(COC(=O)CCCCCCCC)COC(=O)CCCCCCCCCCCCCCCCCCCCCCC. The van der Waals surface area contributed by atoms with E-state index in [0.717, 1.165) is 89.9 Å². The lowest BCUT2D eigenvalue weighted by atomic mass is 10.0. The molecule has 0 saturated heterocycles. The molecular formula is C52H96O6. The highest BCUT2D eigenvalue weighted by Gasteiger charge is 2.19. The first kappa shape index (κ1) is 55.9. The number of hydrogen-bond donors (Lipinski definition) is 0. The Bertz CT molecular complexity index is 942. The molecule has 0 fully saturated rings. The largest absolute Gasteiger partial charge is 0.462 e. The van der Waals surface area contributed by atoms with Crippen LogP contribution in [0.1, 0.15) is 271 Å². The van der Waals surface area contributed by atoms with Crippen molar-refractivity contribution in [3.05, 3.63) is 24.3 Å². The minimum absolute atomic E-state index is 0.0734. The number of esters is 3. The van der Waals surface area contributed by atoms with Crippen molar-refractivity contribution in [1.82, 2.24) is 0 Å². The van der Waals surface area contributed by atoms with E-state index in [2.05, 4.69) is 45.1 Å². The van der Waals surface area contributed by atoms with Gasteiger partial charge in [-0.3, -0.25) is 14.4 Å². The number of rotatable bonds is 46. The summed E-state index contributed by atoms with van der Waals surface area (Å²) in [6, 6.07) is 0. The first-order valence-corrected chi connectivity index (χ1v) is 25.3. The molecule has 340 valence electrons. The average Bonchev–Trinajstić information content (AvgIpc) is 3.22. The van der Waals surface area contributed by atoms with Crippen LogP contribution in [0.15, 0.2) is 24.3 Å². The summed E-state index contributed by atoms with van der Waals surface area (Å²) >= 11 is 0. The predicted molar refractivity (Wildman–Crippen MR) is 247 cm³/mol. The Morgan fingerprint density at radius 2 is 0.655 bits per heavy atom. The fourth-order valence-corrected chi connectivity index (χ4v) is 7.36. The molecule has 0 amide bonds. The molecule has 0 bridgehead atoms. The van der Waals surface area contributed by atoms with Gasteiger partial charge in [-0.1, -0.05) is 231 Å². The predicted octanol–water partition coefficient (Wildman–Crippen LogP) is 16.4.